The summed E-state index contributed by atoms with van der Waals surface area (Å²) in [5, 5.41) is 16.0. The van der Waals surface area contributed by atoms with Crippen LogP contribution in [-0.2, 0) is 19.1 Å². The Labute approximate surface area is 212 Å². The maximum Gasteiger partial charge on any atom is 0.308 e. The molecule has 7 heteroatoms. The van der Waals surface area contributed by atoms with Crippen LogP contribution in [0.3, 0.4) is 0 Å². The third-order valence-corrected chi connectivity index (χ3v) is 6.57. The lowest BCUT2D eigenvalue weighted by atomic mass is 9.92. The fourth-order valence-electron chi connectivity index (χ4n) is 4.73. The van der Waals surface area contributed by atoms with E-state index in [1.165, 1.54) is 28.3 Å². The number of aliphatic hydroxyl groups is 1. The Bertz CT molecular complexity index is 1050. The minimum atomic E-state index is -1.11. The molecule has 192 valence electrons. The van der Waals surface area contributed by atoms with E-state index in [0.29, 0.717) is 6.42 Å². The molecule has 0 fully saturated rings. The van der Waals surface area contributed by atoms with Gasteiger partial charge >= 0.3 is 5.97 Å². The molecule has 0 heterocycles. The predicted molar refractivity (Wildman–Crippen MR) is 139 cm³/mol. The first-order chi connectivity index (χ1) is 17.2. The molecule has 0 aromatic heterocycles. The van der Waals surface area contributed by atoms with Crippen molar-refractivity contribution < 1.29 is 24.2 Å². The topological polar surface area (TPSA) is 105 Å². The standard InChI is InChI=1S/C29H36N2O5/c1-5-16-36-27(34)17-25(32)28(18(2)3)31-29(35)19(4)30-26(33)15-14-24-22-12-8-6-10-20(22)21-11-7-9-13-23(21)24/h5-13,18-19,24-25,28,32H,1,14-17H2,2-4H3,(H,30,33)(H,31,35)/t19-,25+,28-/m1/s1. The van der Waals surface area contributed by atoms with Gasteiger partial charge in [-0.05, 0) is 41.5 Å². The number of nitrogens with one attached hydrogen (secondary N) is 2. The number of hydrogen-bond acceptors (Lipinski definition) is 5. The van der Waals surface area contributed by atoms with E-state index in [0.717, 1.165) is 0 Å². The Kier molecular flexibility index (Phi) is 9.42. The number of ether oxygens (including phenoxy) is 1. The molecule has 0 bridgehead atoms. The molecule has 3 rings (SSSR count). The highest BCUT2D eigenvalue weighted by atomic mass is 16.5. The molecule has 0 aliphatic heterocycles. The van der Waals surface area contributed by atoms with Crippen LogP contribution in [0, 0.1) is 5.92 Å². The second-order valence-corrected chi connectivity index (χ2v) is 9.58. The molecule has 1 aliphatic carbocycles. The van der Waals surface area contributed by atoms with Gasteiger partial charge in [0, 0.05) is 12.3 Å². The van der Waals surface area contributed by atoms with Crippen LogP contribution in [0.15, 0.2) is 61.2 Å². The maximum atomic E-state index is 12.8. The van der Waals surface area contributed by atoms with Crippen molar-refractivity contribution in [3.8, 4) is 11.1 Å². The third kappa shape index (κ3) is 6.61. The lowest BCUT2D eigenvalue weighted by Crippen LogP contribution is -2.53. The summed E-state index contributed by atoms with van der Waals surface area (Å²) in [5.74, 6) is -1.21. The summed E-state index contributed by atoms with van der Waals surface area (Å²) < 4.78 is 4.92. The van der Waals surface area contributed by atoms with Crippen LogP contribution in [0.25, 0.3) is 11.1 Å². The van der Waals surface area contributed by atoms with E-state index in [1.807, 2.05) is 38.1 Å². The summed E-state index contributed by atoms with van der Waals surface area (Å²) in [5.41, 5.74) is 4.85. The van der Waals surface area contributed by atoms with Gasteiger partial charge in [0.2, 0.25) is 11.8 Å². The molecule has 1 aliphatic rings. The largest absolute Gasteiger partial charge is 0.461 e. The maximum absolute atomic E-state index is 12.8. The van der Waals surface area contributed by atoms with Crippen molar-refractivity contribution in [2.45, 2.75) is 64.1 Å². The summed E-state index contributed by atoms with van der Waals surface area (Å²) in [6, 6.07) is 15.1. The van der Waals surface area contributed by atoms with Crippen molar-refractivity contribution in [3.05, 3.63) is 72.3 Å². The van der Waals surface area contributed by atoms with Crippen molar-refractivity contribution in [1.82, 2.24) is 10.6 Å². The predicted octanol–water partition coefficient (Wildman–Crippen LogP) is 3.70. The van der Waals surface area contributed by atoms with Gasteiger partial charge in [0.15, 0.2) is 0 Å². The van der Waals surface area contributed by atoms with Crippen molar-refractivity contribution in [3.63, 3.8) is 0 Å². The number of fused-ring (bicyclic) bond motifs is 3. The average Bonchev–Trinajstić information content (AvgIpc) is 3.17. The number of rotatable bonds is 12. The quantitative estimate of drug-likeness (QED) is 0.310. The zero-order chi connectivity index (χ0) is 26.2. The number of hydrogen-bond donors (Lipinski definition) is 3. The number of carbonyl (C=O) groups is 3. The molecule has 2 aromatic rings. The molecular weight excluding hydrogens is 456 g/mol. The highest BCUT2D eigenvalue weighted by Crippen LogP contribution is 2.46. The minimum Gasteiger partial charge on any atom is -0.461 e. The van der Waals surface area contributed by atoms with E-state index in [-0.39, 0.29) is 37.2 Å². The summed E-state index contributed by atoms with van der Waals surface area (Å²) in [6.45, 7) is 8.82. The van der Waals surface area contributed by atoms with E-state index in [4.69, 9.17) is 4.74 Å². The first kappa shape index (κ1) is 27.1. The summed E-state index contributed by atoms with van der Waals surface area (Å²) >= 11 is 0. The Hall–Kier alpha value is -3.45. The Balaban J connectivity index is 1.54. The highest BCUT2D eigenvalue weighted by molar-refractivity contribution is 5.87. The van der Waals surface area contributed by atoms with Gasteiger partial charge < -0.3 is 20.5 Å². The van der Waals surface area contributed by atoms with Crippen molar-refractivity contribution >= 4 is 17.8 Å². The minimum absolute atomic E-state index is 0.0609. The van der Waals surface area contributed by atoms with Crippen molar-refractivity contribution in [1.29, 1.82) is 0 Å². The summed E-state index contributed by atoms with van der Waals surface area (Å²) in [6.07, 6.45) is 0.990. The second-order valence-electron chi connectivity index (χ2n) is 9.58. The van der Waals surface area contributed by atoms with Gasteiger partial charge in [-0.15, -0.1) is 0 Å². The van der Waals surface area contributed by atoms with E-state index in [1.54, 1.807) is 6.92 Å². The van der Waals surface area contributed by atoms with E-state index in [2.05, 4.69) is 41.5 Å². The lowest BCUT2D eigenvalue weighted by Gasteiger charge is -2.28. The molecule has 3 atom stereocenters. The normalized spacial score (nSPS) is 14.8. The molecule has 2 amide bonds. The summed E-state index contributed by atoms with van der Waals surface area (Å²) in [7, 11) is 0. The first-order valence-electron chi connectivity index (χ1n) is 12.5. The molecule has 36 heavy (non-hydrogen) atoms. The molecule has 0 radical (unpaired) electrons. The number of benzene rings is 2. The Morgan fingerprint density at radius 2 is 1.58 bits per heavy atom. The summed E-state index contributed by atoms with van der Waals surface area (Å²) in [4.78, 5) is 37.3. The second kappa shape index (κ2) is 12.5. The van der Waals surface area contributed by atoms with Gasteiger partial charge in [-0.3, -0.25) is 14.4 Å². The lowest BCUT2D eigenvalue weighted by molar-refractivity contribution is -0.145. The van der Waals surface area contributed by atoms with Gasteiger partial charge in [0.1, 0.15) is 12.6 Å². The molecule has 0 spiro atoms. The Morgan fingerprint density at radius 1 is 1.00 bits per heavy atom. The molecule has 2 aromatic carbocycles. The average molecular weight is 493 g/mol. The number of amides is 2. The molecular formula is C29H36N2O5. The van der Waals surface area contributed by atoms with E-state index < -0.39 is 30.1 Å². The molecule has 0 saturated heterocycles. The van der Waals surface area contributed by atoms with E-state index >= 15 is 0 Å². The first-order valence-corrected chi connectivity index (χ1v) is 12.5. The number of aliphatic hydroxyl groups excluding tert-OH is 1. The molecule has 0 saturated carbocycles. The van der Waals surface area contributed by atoms with Crippen LogP contribution in [0.2, 0.25) is 0 Å². The SMILES string of the molecule is C=CCOC(=O)C[C@H](O)[C@H](NC(=O)[C@@H](C)NC(=O)CCC1c2ccccc2-c2ccccc21)C(C)C. The van der Waals surface area contributed by atoms with Gasteiger partial charge in [-0.2, -0.15) is 0 Å². The van der Waals surface area contributed by atoms with Crippen LogP contribution < -0.4 is 10.6 Å². The molecule has 0 unspecified atom stereocenters. The van der Waals surface area contributed by atoms with Crippen LogP contribution in [0.1, 0.15) is 57.1 Å². The van der Waals surface area contributed by atoms with Crippen LogP contribution in [0.5, 0.6) is 0 Å². The molecule has 7 nitrogen and oxygen atoms in total. The zero-order valence-electron chi connectivity index (χ0n) is 21.2. The fraction of sp³-hybridized carbons (Fsp3) is 0.414. The van der Waals surface area contributed by atoms with Gasteiger partial charge in [-0.25, -0.2) is 0 Å². The highest BCUT2D eigenvalue weighted by Gasteiger charge is 2.30. The Morgan fingerprint density at radius 3 is 2.14 bits per heavy atom. The zero-order valence-corrected chi connectivity index (χ0v) is 21.2. The monoisotopic (exact) mass is 492 g/mol. The van der Waals surface area contributed by atoms with Gasteiger partial charge in [0.05, 0.1) is 18.6 Å². The van der Waals surface area contributed by atoms with Crippen LogP contribution in [-0.4, -0.2) is 47.7 Å². The van der Waals surface area contributed by atoms with Crippen LogP contribution in [0.4, 0.5) is 0 Å². The van der Waals surface area contributed by atoms with E-state index in [9.17, 15) is 19.5 Å². The van der Waals surface area contributed by atoms with Gasteiger partial charge in [0.25, 0.3) is 0 Å². The smallest absolute Gasteiger partial charge is 0.308 e. The molecule has 3 N–H and O–H groups in total. The third-order valence-electron chi connectivity index (χ3n) is 6.57. The van der Waals surface area contributed by atoms with Crippen LogP contribution >= 0.6 is 0 Å². The number of carbonyl (C=O) groups excluding carboxylic acids is 3. The number of esters is 1. The fourth-order valence-corrected chi connectivity index (χ4v) is 4.73. The van der Waals surface area contributed by atoms with Gasteiger partial charge in [-0.1, -0.05) is 75.0 Å². The van der Waals surface area contributed by atoms with Crippen molar-refractivity contribution in [2.24, 2.45) is 5.92 Å². The van der Waals surface area contributed by atoms with Crippen molar-refractivity contribution in [2.75, 3.05) is 6.61 Å².